The lowest BCUT2D eigenvalue weighted by Gasteiger charge is -2.07. The molecule has 0 aliphatic rings. The molecule has 1 aromatic heterocycles. The van der Waals surface area contributed by atoms with E-state index in [1.165, 1.54) is 6.08 Å². The Hall–Kier alpha value is -2.18. The van der Waals surface area contributed by atoms with E-state index in [1.54, 1.807) is 6.08 Å². The molecule has 0 saturated carbocycles. The molecule has 3 heteroatoms. The molecular formula is C14H10N2S. The van der Waals surface area contributed by atoms with Crippen LogP contribution in [0.5, 0.6) is 0 Å². The van der Waals surface area contributed by atoms with Gasteiger partial charge in [-0.15, -0.1) is 0 Å². The van der Waals surface area contributed by atoms with Gasteiger partial charge in [-0.2, -0.15) is 5.26 Å². The summed E-state index contributed by atoms with van der Waals surface area (Å²) in [6, 6.07) is 15.7. The third-order valence-electron chi connectivity index (χ3n) is 2.35. The third kappa shape index (κ3) is 2.49. The lowest BCUT2D eigenvalue weighted by Crippen LogP contribution is -1.97. The van der Waals surface area contributed by atoms with Crippen molar-refractivity contribution in [1.29, 1.82) is 5.26 Å². The van der Waals surface area contributed by atoms with Crippen LogP contribution in [-0.2, 0) is 0 Å². The maximum absolute atomic E-state index is 8.53. The zero-order valence-corrected chi connectivity index (χ0v) is 9.89. The van der Waals surface area contributed by atoms with Crippen LogP contribution in [0.3, 0.4) is 0 Å². The van der Waals surface area contributed by atoms with Gasteiger partial charge in [0.05, 0.1) is 6.07 Å². The van der Waals surface area contributed by atoms with E-state index in [0.29, 0.717) is 4.64 Å². The van der Waals surface area contributed by atoms with Crippen molar-refractivity contribution >= 4 is 18.3 Å². The monoisotopic (exact) mass is 238 g/mol. The molecule has 0 spiro atoms. The molecule has 82 valence electrons. The molecule has 1 aromatic carbocycles. The molecule has 0 radical (unpaired) electrons. The number of pyridine rings is 1. The molecule has 0 aliphatic heterocycles. The van der Waals surface area contributed by atoms with Crippen molar-refractivity contribution in [3.63, 3.8) is 0 Å². The molecule has 0 amide bonds. The maximum atomic E-state index is 8.53. The van der Waals surface area contributed by atoms with Crippen molar-refractivity contribution in [1.82, 2.24) is 4.57 Å². The number of rotatable bonds is 2. The van der Waals surface area contributed by atoms with Gasteiger partial charge in [0, 0.05) is 23.5 Å². The van der Waals surface area contributed by atoms with Crippen LogP contribution in [-0.4, -0.2) is 4.57 Å². The SMILES string of the molecule is N#C/C=C/c1cccn(-c2ccccc2)c1=S. The summed E-state index contributed by atoms with van der Waals surface area (Å²) in [5.41, 5.74) is 1.89. The minimum absolute atomic E-state index is 0.699. The van der Waals surface area contributed by atoms with Crippen LogP contribution in [0.2, 0.25) is 0 Å². The number of benzene rings is 1. The molecule has 2 nitrogen and oxygen atoms in total. The van der Waals surface area contributed by atoms with Crippen molar-refractivity contribution in [2.75, 3.05) is 0 Å². The number of para-hydroxylation sites is 1. The van der Waals surface area contributed by atoms with Crippen molar-refractivity contribution in [3.05, 3.63) is 64.9 Å². The molecular weight excluding hydrogens is 228 g/mol. The Morgan fingerprint density at radius 2 is 1.88 bits per heavy atom. The Kier molecular flexibility index (Phi) is 3.49. The van der Waals surface area contributed by atoms with E-state index < -0.39 is 0 Å². The smallest absolute Gasteiger partial charge is 0.117 e. The Bertz CT molecular complexity index is 633. The van der Waals surface area contributed by atoms with Crippen molar-refractivity contribution in [3.8, 4) is 11.8 Å². The fourth-order valence-corrected chi connectivity index (χ4v) is 1.86. The van der Waals surface area contributed by atoms with Gasteiger partial charge in [-0.05, 0) is 24.3 Å². The minimum Gasteiger partial charge on any atom is -0.308 e. The van der Waals surface area contributed by atoms with Crippen LogP contribution in [0.15, 0.2) is 54.7 Å². The van der Waals surface area contributed by atoms with E-state index in [0.717, 1.165) is 11.3 Å². The zero-order valence-electron chi connectivity index (χ0n) is 9.08. The van der Waals surface area contributed by atoms with E-state index >= 15 is 0 Å². The third-order valence-corrected chi connectivity index (χ3v) is 2.78. The largest absolute Gasteiger partial charge is 0.308 e. The summed E-state index contributed by atoms with van der Waals surface area (Å²) in [5, 5.41) is 8.53. The molecule has 0 bridgehead atoms. The molecule has 2 aromatic rings. The lowest BCUT2D eigenvalue weighted by molar-refractivity contribution is 1.02. The fourth-order valence-electron chi connectivity index (χ4n) is 1.56. The van der Waals surface area contributed by atoms with Gasteiger partial charge in [-0.3, -0.25) is 0 Å². The molecule has 0 atom stereocenters. The average molecular weight is 238 g/mol. The highest BCUT2D eigenvalue weighted by atomic mass is 32.1. The summed E-state index contributed by atoms with van der Waals surface area (Å²) >= 11 is 5.39. The summed E-state index contributed by atoms with van der Waals surface area (Å²) in [5.74, 6) is 0. The van der Waals surface area contributed by atoms with Gasteiger partial charge in [0.1, 0.15) is 4.64 Å². The van der Waals surface area contributed by atoms with Crippen molar-refractivity contribution in [2.24, 2.45) is 0 Å². The Morgan fingerprint density at radius 1 is 1.12 bits per heavy atom. The minimum atomic E-state index is 0.699. The normalized spacial score (nSPS) is 10.3. The molecule has 0 unspecified atom stereocenters. The Balaban J connectivity index is 2.55. The van der Waals surface area contributed by atoms with E-state index in [2.05, 4.69) is 0 Å². The first kappa shape index (κ1) is 11.3. The highest BCUT2D eigenvalue weighted by Gasteiger charge is 1.98. The summed E-state index contributed by atoms with van der Waals surface area (Å²) in [7, 11) is 0. The lowest BCUT2D eigenvalue weighted by atomic mass is 10.2. The van der Waals surface area contributed by atoms with E-state index in [9.17, 15) is 0 Å². The number of hydrogen-bond acceptors (Lipinski definition) is 2. The quantitative estimate of drug-likeness (QED) is 0.589. The Labute approximate surface area is 105 Å². The van der Waals surface area contributed by atoms with Gasteiger partial charge < -0.3 is 4.57 Å². The molecule has 0 fully saturated rings. The van der Waals surface area contributed by atoms with Gasteiger partial charge in [-0.1, -0.05) is 36.5 Å². The molecule has 1 heterocycles. The van der Waals surface area contributed by atoms with Crippen molar-refractivity contribution in [2.45, 2.75) is 0 Å². The first-order valence-electron chi connectivity index (χ1n) is 5.16. The topological polar surface area (TPSA) is 28.7 Å². The summed E-state index contributed by atoms with van der Waals surface area (Å²) in [6.07, 6.45) is 5.07. The second kappa shape index (κ2) is 5.24. The second-order valence-electron chi connectivity index (χ2n) is 3.44. The second-order valence-corrected chi connectivity index (χ2v) is 3.82. The highest BCUT2D eigenvalue weighted by Crippen LogP contribution is 2.12. The maximum Gasteiger partial charge on any atom is 0.117 e. The molecule has 2 rings (SSSR count). The average Bonchev–Trinajstić information content (AvgIpc) is 2.39. The summed E-state index contributed by atoms with van der Waals surface area (Å²) < 4.78 is 2.62. The van der Waals surface area contributed by atoms with Crippen LogP contribution in [0, 0.1) is 16.0 Å². The molecule has 0 N–H and O–H groups in total. The number of allylic oxidation sites excluding steroid dienone is 1. The molecule has 17 heavy (non-hydrogen) atoms. The van der Waals surface area contributed by atoms with Crippen molar-refractivity contribution < 1.29 is 0 Å². The van der Waals surface area contributed by atoms with Crippen LogP contribution >= 0.6 is 12.2 Å². The first-order chi connectivity index (χ1) is 8.33. The molecule has 0 saturated heterocycles. The van der Waals surface area contributed by atoms with Crippen LogP contribution < -0.4 is 0 Å². The summed E-state index contributed by atoms with van der Waals surface area (Å²) in [6.45, 7) is 0. The van der Waals surface area contributed by atoms with Gasteiger partial charge >= 0.3 is 0 Å². The number of nitriles is 1. The van der Waals surface area contributed by atoms with Gasteiger partial charge in [0.2, 0.25) is 0 Å². The van der Waals surface area contributed by atoms with E-state index in [4.69, 9.17) is 17.5 Å². The Morgan fingerprint density at radius 3 is 2.59 bits per heavy atom. The number of aromatic nitrogens is 1. The number of hydrogen-bond donors (Lipinski definition) is 0. The highest BCUT2D eigenvalue weighted by molar-refractivity contribution is 7.71. The first-order valence-corrected chi connectivity index (χ1v) is 5.57. The van der Waals surface area contributed by atoms with Gasteiger partial charge in [-0.25, -0.2) is 0 Å². The van der Waals surface area contributed by atoms with Crippen LogP contribution in [0.25, 0.3) is 11.8 Å². The predicted molar refractivity (Wildman–Crippen MR) is 71.3 cm³/mol. The fraction of sp³-hybridized carbons (Fsp3) is 0. The van der Waals surface area contributed by atoms with Gasteiger partial charge in [0.15, 0.2) is 0 Å². The predicted octanol–water partition coefficient (Wildman–Crippen LogP) is 3.74. The van der Waals surface area contributed by atoms with Gasteiger partial charge in [0.25, 0.3) is 0 Å². The van der Waals surface area contributed by atoms with E-state index in [-0.39, 0.29) is 0 Å². The standard InChI is InChI=1S/C14H10N2S/c15-10-4-6-12-7-5-11-16(14(12)17)13-8-2-1-3-9-13/h1-9,11H/b6-4+. The molecule has 0 aliphatic carbocycles. The zero-order chi connectivity index (χ0) is 12.1. The summed E-state index contributed by atoms with van der Waals surface area (Å²) in [4.78, 5) is 0. The van der Waals surface area contributed by atoms with Crippen LogP contribution in [0.4, 0.5) is 0 Å². The number of nitrogens with zero attached hydrogens (tertiary/aromatic N) is 2. The van der Waals surface area contributed by atoms with E-state index in [1.807, 2.05) is 59.3 Å². The van der Waals surface area contributed by atoms with Crippen LogP contribution in [0.1, 0.15) is 5.56 Å².